The molecule has 0 aliphatic rings. The van der Waals surface area contributed by atoms with Gasteiger partial charge in [0.05, 0.1) is 35.0 Å². The Morgan fingerprint density at radius 2 is 2.08 bits per heavy atom. The van der Waals surface area contributed by atoms with Crippen LogP contribution < -0.4 is 5.73 Å². The molecule has 11 nitrogen and oxygen atoms in total. The monoisotopic (exact) mass is 335 g/mol. The SMILES string of the molecule is COC(=O)[C@@H](N)Cc1cn(-c2ccc([N+](=O)[O-])cc2[N+](=O)[O-])cn1. The van der Waals surface area contributed by atoms with Gasteiger partial charge in [-0.1, -0.05) is 0 Å². The normalized spacial score (nSPS) is 11.8. The summed E-state index contributed by atoms with van der Waals surface area (Å²) in [6.45, 7) is 0. The van der Waals surface area contributed by atoms with Gasteiger partial charge in [0.1, 0.15) is 11.7 Å². The van der Waals surface area contributed by atoms with Gasteiger partial charge in [0.2, 0.25) is 0 Å². The third kappa shape index (κ3) is 3.52. The number of hydrogen-bond donors (Lipinski definition) is 1. The topological polar surface area (TPSA) is 156 Å². The number of nitro groups is 2. The molecule has 0 spiro atoms. The van der Waals surface area contributed by atoms with Crippen molar-refractivity contribution in [2.24, 2.45) is 5.73 Å². The Labute approximate surface area is 135 Å². The van der Waals surface area contributed by atoms with Crippen LogP contribution in [0.5, 0.6) is 0 Å². The summed E-state index contributed by atoms with van der Waals surface area (Å²) in [5.41, 5.74) is 5.33. The number of nitro benzene ring substituents is 2. The van der Waals surface area contributed by atoms with Crippen molar-refractivity contribution < 1.29 is 19.4 Å². The minimum atomic E-state index is -0.912. The number of carbonyl (C=O) groups is 1. The fraction of sp³-hybridized carbons (Fsp3) is 0.231. The minimum Gasteiger partial charge on any atom is -0.468 e. The van der Waals surface area contributed by atoms with Crippen molar-refractivity contribution in [1.29, 1.82) is 0 Å². The average molecular weight is 335 g/mol. The van der Waals surface area contributed by atoms with Gasteiger partial charge in [-0.2, -0.15) is 0 Å². The summed E-state index contributed by atoms with van der Waals surface area (Å²) in [6, 6.07) is 2.37. The van der Waals surface area contributed by atoms with E-state index in [4.69, 9.17) is 5.73 Å². The molecule has 24 heavy (non-hydrogen) atoms. The molecule has 0 saturated carbocycles. The molecule has 1 heterocycles. The second-order valence-corrected chi connectivity index (χ2v) is 4.79. The Bertz CT molecular complexity index is 802. The van der Waals surface area contributed by atoms with Crippen LogP contribution in [-0.4, -0.2) is 38.5 Å². The highest BCUT2D eigenvalue weighted by Gasteiger charge is 2.22. The van der Waals surface area contributed by atoms with E-state index in [2.05, 4.69) is 9.72 Å². The molecule has 0 aliphatic heterocycles. The molecule has 0 aliphatic carbocycles. The first-order valence-corrected chi connectivity index (χ1v) is 6.63. The van der Waals surface area contributed by atoms with Gasteiger partial charge < -0.3 is 10.5 Å². The number of hydrogen-bond acceptors (Lipinski definition) is 8. The molecule has 0 fully saturated rings. The van der Waals surface area contributed by atoms with E-state index < -0.39 is 33.2 Å². The first-order chi connectivity index (χ1) is 11.3. The van der Waals surface area contributed by atoms with Gasteiger partial charge in [-0.3, -0.25) is 29.6 Å². The van der Waals surface area contributed by atoms with E-state index in [-0.39, 0.29) is 12.1 Å². The lowest BCUT2D eigenvalue weighted by molar-refractivity contribution is -0.394. The van der Waals surface area contributed by atoms with Gasteiger partial charge in [0, 0.05) is 18.7 Å². The van der Waals surface area contributed by atoms with Crippen LogP contribution >= 0.6 is 0 Å². The van der Waals surface area contributed by atoms with Gasteiger partial charge in [0.15, 0.2) is 0 Å². The highest BCUT2D eigenvalue weighted by Crippen LogP contribution is 2.27. The zero-order chi connectivity index (χ0) is 17.9. The molecular formula is C13H13N5O6. The first kappa shape index (κ1) is 17.0. The average Bonchev–Trinajstić information content (AvgIpc) is 3.01. The van der Waals surface area contributed by atoms with Crippen LogP contribution in [0.2, 0.25) is 0 Å². The number of carbonyl (C=O) groups excluding carboxylic acids is 1. The Balaban J connectivity index is 2.34. The molecule has 2 N–H and O–H groups in total. The summed E-state index contributed by atoms with van der Waals surface area (Å²) >= 11 is 0. The third-order valence-corrected chi connectivity index (χ3v) is 3.21. The Kier molecular flexibility index (Phi) is 4.84. The van der Waals surface area contributed by atoms with Gasteiger partial charge in [0.25, 0.3) is 11.4 Å². The Morgan fingerprint density at radius 3 is 2.67 bits per heavy atom. The van der Waals surface area contributed by atoms with E-state index in [0.717, 1.165) is 12.1 Å². The molecule has 1 atom stereocenters. The van der Waals surface area contributed by atoms with Crippen LogP contribution in [0.25, 0.3) is 5.69 Å². The highest BCUT2D eigenvalue weighted by atomic mass is 16.6. The lowest BCUT2D eigenvalue weighted by Crippen LogP contribution is -2.33. The second-order valence-electron chi connectivity index (χ2n) is 4.79. The van der Waals surface area contributed by atoms with Gasteiger partial charge in [-0.05, 0) is 6.07 Å². The number of aromatic nitrogens is 2. The molecule has 0 saturated heterocycles. The van der Waals surface area contributed by atoms with E-state index in [1.54, 1.807) is 0 Å². The number of methoxy groups -OCH3 is 1. The van der Waals surface area contributed by atoms with Crippen LogP contribution in [-0.2, 0) is 16.0 Å². The molecule has 2 aromatic rings. The van der Waals surface area contributed by atoms with Crippen molar-refractivity contribution in [3.05, 3.63) is 56.6 Å². The largest absolute Gasteiger partial charge is 0.468 e. The van der Waals surface area contributed by atoms with Gasteiger partial charge in [-0.15, -0.1) is 0 Å². The number of rotatable bonds is 6. The summed E-state index contributed by atoms with van der Waals surface area (Å²) < 4.78 is 5.84. The molecule has 0 radical (unpaired) electrons. The van der Waals surface area contributed by atoms with Crippen LogP contribution in [0, 0.1) is 20.2 Å². The molecule has 11 heteroatoms. The number of non-ortho nitro benzene ring substituents is 1. The van der Waals surface area contributed by atoms with E-state index in [9.17, 15) is 25.0 Å². The lowest BCUT2D eigenvalue weighted by Gasteiger charge is -2.06. The van der Waals surface area contributed by atoms with Crippen molar-refractivity contribution in [3.8, 4) is 5.69 Å². The second kappa shape index (κ2) is 6.83. The number of benzene rings is 1. The van der Waals surface area contributed by atoms with Crippen LogP contribution in [0.15, 0.2) is 30.7 Å². The van der Waals surface area contributed by atoms with Crippen molar-refractivity contribution in [3.63, 3.8) is 0 Å². The van der Waals surface area contributed by atoms with Crippen molar-refractivity contribution in [2.45, 2.75) is 12.5 Å². The highest BCUT2D eigenvalue weighted by molar-refractivity contribution is 5.75. The molecule has 0 unspecified atom stereocenters. The predicted octanol–water partition coefficient (Wildman–Crippen LogP) is 0.731. The summed E-state index contributed by atoms with van der Waals surface area (Å²) in [4.78, 5) is 35.8. The predicted molar refractivity (Wildman–Crippen MR) is 80.6 cm³/mol. The fourth-order valence-electron chi connectivity index (χ4n) is 2.05. The van der Waals surface area contributed by atoms with Gasteiger partial charge >= 0.3 is 5.97 Å². The molecule has 0 amide bonds. The number of esters is 1. The molecule has 0 bridgehead atoms. The maximum atomic E-state index is 11.3. The summed E-state index contributed by atoms with van der Waals surface area (Å²) in [6.07, 6.45) is 2.84. The molecule has 1 aromatic heterocycles. The number of imidazole rings is 1. The Morgan fingerprint density at radius 1 is 1.38 bits per heavy atom. The smallest absolute Gasteiger partial charge is 0.323 e. The number of nitrogens with two attached hydrogens (primary N) is 1. The van der Waals surface area contributed by atoms with Crippen LogP contribution in [0.3, 0.4) is 0 Å². The Hall–Kier alpha value is -3.34. The third-order valence-electron chi connectivity index (χ3n) is 3.21. The van der Waals surface area contributed by atoms with Crippen molar-refractivity contribution >= 4 is 17.3 Å². The standard InChI is InChI=1S/C13H13N5O6/c1-24-13(19)10(14)4-8-6-16(7-15-8)11-3-2-9(17(20)21)5-12(11)18(22)23/h2-3,5-7,10H,4,14H2,1H3/t10-/m0/s1. The van der Waals surface area contributed by atoms with Crippen LogP contribution in [0.4, 0.5) is 11.4 Å². The van der Waals surface area contributed by atoms with Crippen molar-refractivity contribution in [2.75, 3.05) is 7.11 Å². The molecule has 126 valence electrons. The number of ether oxygens (including phenoxy) is 1. The summed E-state index contributed by atoms with van der Waals surface area (Å²) in [5.74, 6) is -0.606. The van der Waals surface area contributed by atoms with Crippen LogP contribution in [0.1, 0.15) is 5.69 Å². The molecular weight excluding hydrogens is 322 g/mol. The quantitative estimate of drug-likeness (QED) is 0.460. The van der Waals surface area contributed by atoms with E-state index in [1.165, 1.54) is 30.3 Å². The first-order valence-electron chi connectivity index (χ1n) is 6.63. The number of nitrogens with zero attached hydrogens (tertiary/aromatic N) is 4. The van der Waals surface area contributed by atoms with E-state index >= 15 is 0 Å². The maximum Gasteiger partial charge on any atom is 0.323 e. The lowest BCUT2D eigenvalue weighted by atomic mass is 10.2. The van der Waals surface area contributed by atoms with Gasteiger partial charge in [-0.25, -0.2) is 4.98 Å². The zero-order valence-corrected chi connectivity index (χ0v) is 12.5. The molecule has 2 rings (SSSR count). The maximum absolute atomic E-state index is 11.3. The minimum absolute atomic E-state index is 0.0838. The van der Waals surface area contributed by atoms with Crippen molar-refractivity contribution in [1.82, 2.24) is 9.55 Å². The van der Waals surface area contributed by atoms with E-state index in [1.807, 2.05) is 0 Å². The fourth-order valence-corrected chi connectivity index (χ4v) is 2.05. The zero-order valence-electron chi connectivity index (χ0n) is 12.5. The molecule has 1 aromatic carbocycles. The summed E-state index contributed by atoms with van der Waals surface area (Å²) in [7, 11) is 1.21. The van der Waals surface area contributed by atoms with E-state index in [0.29, 0.717) is 5.69 Å². The summed E-state index contributed by atoms with van der Waals surface area (Å²) in [5, 5.41) is 21.9.